The van der Waals surface area contributed by atoms with Gasteiger partial charge in [-0.25, -0.2) is 0 Å². The first-order chi connectivity index (χ1) is 9.35. The van der Waals surface area contributed by atoms with Crippen molar-refractivity contribution < 1.29 is 0 Å². The molecular formula is C19H39. The summed E-state index contributed by atoms with van der Waals surface area (Å²) in [7, 11) is 0. The number of unbranched alkanes of at least 4 members (excludes halogenated alkanes) is 9. The Kier molecular flexibility index (Phi) is 16.1. The van der Waals surface area contributed by atoms with Gasteiger partial charge in [0.2, 0.25) is 0 Å². The van der Waals surface area contributed by atoms with Gasteiger partial charge in [-0.1, -0.05) is 117 Å². The maximum atomic E-state index is 4.01. The lowest BCUT2D eigenvalue weighted by molar-refractivity contribution is 0.396. The highest BCUT2D eigenvalue weighted by atomic mass is 14.1. The van der Waals surface area contributed by atoms with Gasteiger partial charge in [-0.05, 0) is 5.92 Å². The third kappa shape index (κ3) is 14.2. The summed E-state index contributed by atoms with van der Waals surface area (Å²) >= 11 is 0. The summed E-state index contributed by atoms with van der Waals surface area (Å²) in [5.74, 6) is 0.969. The molecule has 0 aliphatic carbocycles. The molecular weight excluding hydrogens is 228 g/mol. The first-order valence-corrected chi connectivity index (χ1v) is 9.14. The Morgan fingerprint density at radius 3 is 1.58 bits per heavy atom. The molecule has 1 radical (unpaired) electrons. The molecule has 0 aliphatic rings. The van der Waals surface area contributed by atoms with E-state index in [1.165, 1.54) is 89.9 Å². The van der Waals surface area contributed by atoms with E-state index in [4.69, 9.17) is 0 Å². The molecule has 0 heterocycles. The molecule has 0 nitrogen and oxygen atoms in total. The molecule has 0 rings (SSSR count). The first kappa shape index (κ1) is 19.0. The molecule has 0 aliphatic heterocycles. The maximum absolute atomic E-state index is 4.01. The summed E-state index contributed by atoms with van der Waals surface area (Å²) in [4.78, 5) is 0. The Morgan fingerprint density at radius 2 is 1.11 bits per heavy atom. The lowest BCUT2D eigenvalue weighted by Crippen LogP contribution is -1.99. The second-order valence-corrected chi connectivity index (χ2v) is 6.27. The summed E-state index contributed by atoms with van der Waals surface area (Å²) in [6.07, 6.45) is 21.3. The van der Waals surface area contributed by atoms with Crippen LogP contribution in [0.25, 0.3) is 0 Å². The molecule has 0 aromatic heterocycles. The third-order valence-electron chi connectivity index (χ3n) is 4.28. The van der Waals surface area contributed by atoms with Crippen molar-refractivity contribution in [3.63, 3.8) is 0 Å². The highest BCUT2D eigenvalue weighted by Crippen LogP contribution is 2.21. The van der Waals surface area contributed by atoms with Crippen LogP contribution < -0.4 is 0 Å². The van der Waals surface area contributed by atoms with Crippen molar-refractivity contribution in [2.24, 2.45) is 5.92 Å². The molecule has 0 amide bonds. The fourth-order valence-corrected chi connectivity index (χ4v) is 3.05. The second kappa shape index (κ2) is 16.1. The van der Waals surface area contributed by atoms with Crippen molar-refractivity contribution in [1.82, 2.24) is 0 Å². The van der Waals surface area contributed by atoms with Crippen LogP contribution in [-0.2, 0) is 0 Å². The average Bonchev–Trinajstić information content (AvgIpc) is 2.41. The zero-order valence-electron chi connectivity index (χ0n) is 13.9. The van der Waals surface area contributed by atoms with Gasteiger partial charge in [0.15, 0.2) is 0 Å². The van der Waals surface area contributed by atoms with E-state index >= 15 is 0 Å². The Balaban J connectivity index is 3.20. The van der Waals surface area contributed by atoms with Gasteiger partial charge in [0, 0.05) is 0 Å². The van der Waals surface area contributed by atoms with Crippen molar-refractivity contribution in [1.29, 1.82) is 0 Å². The van der Waals surface area contributed by atoms with Crippen LogP contribution in [0.3, 0.4) is 0 Å². The zero-order chi connectivity index (χ0) is 14.2. The fraction of sp³-hybridized carbons (Fsp3) is 0.947. The molecule has 0 saturated heterocycles. The van der Waals surface area contributed by atoms with Gasteiger partial charge in [-0.3, -0.25) is 0 Å². The molecule has 1 unspecified atom stereocenters. The third-order valence-corrected chi connectivity index (χ3v) is 4.28. The van der Waals surface area contributed by atoms with Gasteiger partial charge in [0.25, 0.3) is 0 Å². The highest BCUT2D eigenvalue weighted by Gasteiger charge is 2.05. The summed E-state index contributed by atoms with van der Waals surface area (Å²) < 4.78 is 0. The van der Waals surface area contributed by atoms with Crippen LogP contribution in [0.15, 0.2) is 0 Å². The van der Waals surface area contributed by atoms with Crippen molar-refractivity contribution in [3.8, 4) is 0 Å². The molecule has 0 spiro atoms. The number of rotatable bonds is 15. The number of hydrogen-bond acceptors (Lipinski definition) is 0. The van der Waals surface area contributed by atoms with E-state index in [1.54, 1.807) is 0 Å². The Labute approximate surface area is 123 Å². The van der Waals surface area contributed by atoms with Crippen LogP contribution in [0, 0.1) is 12.8 Å². The van der Waals surface area contributed by atoms with Crippen LogP contribution in [0.5, 0.6) is 0 Å². The molecule has 19 heavy (non-hydrogen) atoms. The van der Waals surface area contributed by atoms with Crippen molar-refractivity contribution >= 4 is 0 Å². The van der Waals surface area contributed by atoms with Gasteiger partial charge in [-0.2, -0.15) is 0 Å². The molecule has 115 valence electrons. The Morgan fingerprint density at radius 1 is 0.579 bits per heavy atom. The van der Waals surface area contributed by atoms with Crippen LogP contribution in [-0.4, -0.2) is 0 Å². The van der Waals surface area contributed by atoms with E-state index in [0.717, 1.165) is 12.3 Å². The van der Waals surface area contributed by atoms with E-state index in [-0.39, 0.29) is 0 Å². The summed E-state index contributed by atoms with van der Waals surface area (Å²) in [5, 5.41) is 0. The second-order valence-electron chi connectivity index (χ2n) is 6.27. The van der Waals surface area contributed by atoms with Gasteiger partial charge in [-0.15, -0.1) is 0 Å². The zero-order valence-corrected chi connectivity index (χ0v) is 13.9. The SMILES string of the molecule is [CH2]CCC(CCC)CCCCCCCCCCCC. The van der Waals surface area contributed by atoms with E-state index in [1.807, 2.05) is 0 Å². The molecule has 0 N–H and O–H groups in total. The summed E-state index contributed by atoms with van der Waals surface area (Å²) in [5.41, 5.74) is 0. The lowest BCUT2D eigenvalue weighted by Gasteiger charge is -2.14. The fourth-order valence-electron chi connectivity index (χ4n) is 3.05. The molecule has 0 fully saturated rings. The molecule has 1 atom stereocenters. The van der Waals surface area contributed by atoms with E-state index < -0.39 is 0 Å². The minimum atomic E-state index is 0.969. The normalized spacial score (nSPS) is 11.4. The highest BCUT2D eigenvalue weighted by molar-refractivity contribution is 4.60. The van der Waals surface area contributed by atoms with Gasteiger partial charge in [0.1, 0.15) is 0 Å². The van der Waals surface area contributed by atoms with E-state index in [2.05, 4.69) is 20.8 Å². The van der Waals surface area contributed by atoms with E-state index in [0.29, 0.717) is 0 Å². The van der Waals surface area contributed by atoms with E-state index in [9.17, 15) is 0 Å². The van der Waals surface area contributed by atoms with Crippen molar-refractivity contribution in [2.45, 2.75) is 110 Å². The number of hydrogen-bond donors (Lipinski definition) is 0. The molecule has 0 saturated carbocycles. The largest absolute Gasteiger partial charge is 0.0654 e. The predicted octanol–water partition coefficient (Wildman–Crippen LogP) is 7.33. The van der Waals surface area contributed by atoms with Crippen molar-refractivity contribution in [2.75, 3.05) is 0 Å². The van der Waals surface area contributed by atoms with Crippen LogP contribution >= 0.6 is 0 Å². The standard InChI is InChI=1S/C19H39/c1-4-7-8-9-10-11-12-13-14-15-18-19(16-5-2)17-6-3/h19H,2,4-18H2,1,3H3. The average molecular weight is 268 g/mol. The summed E-state index contributed by atoms with van der Waals surface area (Å²) in [6, 6.07) is 0. The van der Waals surface area contributed by atoms with Crippen molar-refractivity contribution in [3.05, 3.63) is 6.92 Å². The maximum Gasteiger partial charge on any atom is -0.0414 e. The molecule has 0 aromatic carbocycles. The molecule has 0 bridgehead atoms. The van der Waals surface area contributed by atoms with Crippen LogP contribution in [0.2, 0.25) is 0 Å². The predicted molar refractivity (Wildman–Crippen MR) is 89.5 cm³/mol. The topological polar surface area (TPSA) is 0 Å². The quantitative estimate of drug-likeness (QED) is 0.272. The molecule has 0 heteroatoms. The monoisotopic (exact) mass is 267 g/mol. The lowest BCUT2D eigenvalue weighted by atomic mass is 9.92. The Hall–Kier alpha value is 0. The minimum Gasteiger partial charge on any atom is -0.0654 e. The van der Waals surface area contributed by atoms with Gasteiger partial charge < -0.3 is 0 Å². The van der Waals surface area contributed by atoms with Crippen LogP contribution in [0.4, 0.5) is 0 Å². The smallest absolute Gasteiger partial charge is 0.0414 e. The summed E-state index contributed by atoms with van der Waals surface area (Å²) in [6.45, 7) is 8.61. The Bertz CT molecular complexity index is 144. The molecule has 0 aromatic rings. The first-order valence-electron chi connectivity index (χ1n) is 9.14. The minimum absolute atomic E-state index is 0.969. The van der Waals surface area contributed by atoms with Gasteiger partial charge >= 0.3 is 0 Å². The van der Waals surface area contributed by atoms with Gasteiger partial charge in [0.05, 0.1) is 0 Å². The van der Waals surface area contributed by atoms with Crippen LogP contribution in [0.1, 0.15) is 110 Å².